The van der Waals surface area contributed by atoms with E-state index in [0.29, 0.717) is 37.9 Å². The predicted octanol–water partition coefficient (Wildman–Crippen LogP) is 3.71. The molecule has 146 valence electrons. The molecule has 1 aliphatic carbocycles. The average Bonchev–Trinajstić information content (AvgIpc) is 2.63. The fourth-order valence-electron chi connectivity index (χ4n) is 3.15. The van der Waals surface area contributed by atoms with Gasteiger partial charge in [0.1, 0.15) is 0 Å². The van der Waals surface area contributed by atoms with Crippen LogP contribution in [0.3, 0.4) is 0 Å². The van der Waals surface area contributed by atoms with Gasteiger partial charge in [0, 0.05) is 38.1 Å². The van der Waals surface area contributed by atoms with E-state index in [1.54, 1.807) is 7.05 Å². The molecule has 0 aromatic heterocycles. The van der Waals surface area contributed by atoms with Crippen LogP contribution >= 0.6 is 35.6 Å². The molecule has 1 fully saturated rings. The lowest BCUT2D eigenvalue weighted by Gasteiger charge is -2.20. The van der Waals surface area contributed by atoms with E-state index >= 15 is 0 Å². The number of hydrogen-bond donors (Lipinski definition) is 3. The number of carbonyl (C=O) groups is 1. The molecule has 1 aromatic carbocycles. The van der Waals surface area contributed by atoms with Crippen molar-refractivity contribution < 1.29 is 4.79 Å². The molecular weight excluding hydrogens is 463 g/mol. The molecule has 5 nitrogen and oxygen atoms in total. The standard InChI is InChI=1S/C19H29ClN4O.HI/c1-21-19(24-14-16-9-5-6-10-17(16)20)23-12-11-22-18(25)13-15-7-3-2-4-8-15;/h5-6,9-10,15H,2-4,7-8,11-14H2,1H3,(H,22,25)(H2,21,23,24);1H. The Labute approximate surface area is 178 Å². The molecule has 0 radical (unpaired) electrons. The van der Waals surface area contributed by atoms with Gasteiger partial charge in [-0.05, 0) is 30.4 Å². The number of aliphatic imine (C=N–C) groups is 1. The fourth-order valence-corrected chi connectivity index (χ4v) is 3.35. The van der Waals surface area contributed by atoms with Crippen LogP contribution in [0.1, 0.15) is 44.1 Å². The molecule has 0 aliphatic heterocycles. The lowest BCUT2D eigenvalue weighted by Crippen LogP contribution is -2.41. The SMILES string of the molecule is CN=C(NCCNC(=O)CC1CCCCC1)NCc1ccccc1Cl.I. The highest BCUT2D eigenvalue weighted by molar-refractivity contribution is 14.0. The summed E-state index contributed by atoms with van der Waals surface area (Å²) >= 11 is 6.14. The Morgan fingerprint density at radius 2 is 1.81 bits per heavy atom. The monoisotopic (exact) mass is 492 g/mol. The maximum Gasteiger partial charge on any atom is 0.220 e. The maximum absolute atomic E-state index is 12.0. The van der Waals surface area contributed by atoms with Gasteiger partial charge in [0.15, 0.2) is 5.96 Å². The van der Waals surface area contributed by atoms with Gasteiger partial charge in [-0.3, -0.25) is 9.79 Å². The van der Waals surface area contributed by atoms with E-state index < -0.39 is 0 Å². The summed E-state index contributed by atoms with van der Waals surface area (Å²) in [6, 6.07) is 7.72. The van der Waals surface area contributed by atoms with Gasteiger partial charge in [0.05, 0.1) is 0 Å². The van der Waals surface area contributed by atoms with E-state index in [9.17, 15) is 4.79 Å². The van der Waals surface area contributed by atoms with E-state index in [1.165, 1.54) is 32.1 Å². The molecule has 1 amide bonds. The minimum absolute atomic E-state index is 0. The summed E-state index contributed by atoms with van der Waals surface area (Å²) < 4.78 is 0. The number of halogens is 2. The second kappa shape index (κ2) is 13.2. The summed E-state index contributed by atoms with van der Waals surface area (Å²) in [5.41, 5.74) is 1.02. The van der Waals surface area contributed by atoms with E-state index in [2.05, 4.69) is 20.9 Å². The summed E-state index contributed by atoms with van der Waals surface area (Å²) in [6.45, 7) is 1.84. The first-order chi connectivity index (χ1) is 12.2. The molecular formula is C19H30ClIN4O. The van der Waals surface area contributed by atoms with Gasteiger partial charge in [-0.25, -0.2) is 0 Å². The van der Waals surface area contributed by atoms with Crippen LogP contribution in [0.15, 0.2) is 29.3 Å². The Bertz CT molecular complexity index is 576. The number of guanidine groups is 1. The summed E-state index contributed by atoms with van der Waals surface area (Å²) in [5, 5.41) is 10.1. The van der Waals surface area contributed by atoms with Crippen molar-refractivity contribution >= 4 is 47.4 Å². The van der Waals surface area contributed by atoms with Gasteiger partial charge < -0.3 is 16.0 Å². The normalized spacial score (nSPS) is 15.1. The molecule has 1 saturated carbocycles. The van der Waals surface area contributed by atoms with Gasteiger partial charge in [0.25, 0.3) is 0 Å². The summed E-state index contributed by atoms with van der Waals surface area (Å²) in [5.74, 6) is 1.43. The van der Waals surface area contributed by atoms with Gasteiger partial charge in [-0.2, -0.15) is 0 Å². The molecule has 0 heterocycles. The largest absolute Gasteiger partial charge is 0.355 e. The Morgan fingerprint density at radius 1 is 1.12 bits per heavy atom. The number of amides is 1. The highest BCUT2D eigenvalue weighted by Gasteiger charge is 2.16. The third-order valence-electron chi connectivity index (χ3n) is 4.57. The molecule has 1 aromatic rings. The molecule has 1 aliphatic rings. The van der Waals surface area contributed by atoms with E-state index in [4.69, 9.17) is 11.6 Å². The second-order valence-electron chi connectivity index (χ2n) is 6.50. The van der Waals surface area contributed by atoms with Crippen molar-refractivity contribution in [1.82, 2.24) is 16.0 Å². The lowest BCUT2D eigenvalue weighted by atomic mass is 9.87. The summed E-state index contributed by atoms with van der Waals surface area (Å²) in [6.07, 6.45) is 6.93. The number of hydrogen-bond acceptors (Lipinski definition) is 2. The van der Waals surface area contributed by atoms with Crippen molar-refractivity contribution in [2.45, 2.75) is 45.1 Å². The molecule has 26 heavy (non-hydrogen) atoms. The zero-order valence-corrected chi connectivity index (χ0v) is 18.5. The van der Waals surface area contributed by atoms with Crippen molar-refractivity contribution in [3.8, 4) is 0 Å². The number of nitrogens with one attached hydrogen (secondary N) is 3. The Kier molecular flexibility index (Phi) is 11.7. The smallest absolute Gasteiger partial charge is 0.220 e. The van der Waals surface area contributed by atoms with Crippen molar-refractivity contribution in [3.05, 3.63) is 34.9 Å². The molecule has 0 spiro atoms. The number of nitrogens with zero attached hydrogens (tertiary/aromatic N) is 1. The molecule has 0 bridgehead atoms. The van der Waals surface area contributed by atoms with Crippen LogP contribution < -0.4 is 16.0 Å². The van der Waals surface area contributed by atoms with E-state index in [0.717, 1.165) is 10.6 Å². The highest BCUT2D eigenvalue weighted by atomic mass is 127. The molecule has 0 saturated heterocycles. The number of carbonyl (C=O) groups excluding carboxylic acids is 1. The molecule has 0 atom stereocenters. The lowest BCUT2D eigenvalue weighted by molar-refractivity contribution is -0.122. The first-order valence-corrected chi connectivity index (χ1v) is 9.51. The van der Waals surface area contributed by atoms with Crippen molar-refractivity contribution in [2.75, 3.05) is 20.1 Å². The van der Waals surface area contributed by atoms with E-state index in [-0.39, 0.29) is 29.9 Å². The average molecular weight is 493 g/mol. The van der Waals surface area contributed by atoms with Gasteiger partial charge in [0.2, 0.25) is 5.91 Å². The number of benzene rings is 1. The van der Waals surface area contributed by atoms with Crippen LogP contribution in [0.4, 0.5) is 0 Å². The molecule has 0 unspecified atom stereocenters. The minimum Gasteiger partial charge on any atom is -0.355 e. The van der Waals surface area contributed by atoms with Crippen molar-refractivity contribution in [2.24, 2.45) is 10.9 Å². The van der Waals surface area contributed by atoms with Crippen LogP contribution in [0.25, 0.3) is 0 Å². The quantitative estimate of drug-likeness (QED) is 0.235. The third-order valence-corrected chi connectivity index (χ3v) is 4.93. The summed E-state index contributed by atoms with van der Waals surface area (Å²) in [4.78, 5) is 16.2. The van der Waals surface area contributed by atoms with Crippen LogP contribution in [0, 0.1) is 5.92 Å². The molecule has 7 heteroatoms. The van der Waals surface area contributed by atoms with Crippen LogP contribution in [0.5, 0.6) is 0 Å². The van der Waals surface area contributed by atoms with Crippen LogP contribution in [0.2, 0.25) is 5.02 Å². The Morgan fingerprint density at radius 3 is 2.50 bits per heavy atom. The maximum atomic E-state index is 12.0. The predicted molar refractivity (Wildman–Crippen MR) is 119 cm³/mol. The van der Waals surface area contributed by atoms with Gasteiger partial charge >= 0.3 is 0 Å². The fraction of sp³-hybridized carbons (Fsp3) is 0.579. The zero-order chi connectivity index (χ0) is 17.9. The first kappa shape index (κ1) is 23.0. The molecule has 3 N–H and O–H groups in total. The summed E-state index contributed by atoms with van der Waals surface area (Å²) in [7, 11) is 1.73. The van der Waals surface area contributed by atoms with Crippen molar-refractivity contribution in [1.29, 1.82) is 0 Å². The molecule has 2 rings (SSSR count). The first-order valence-electron chi connectivity index (χ1n) is 9.13. The number of rotatable bonds is 7. The van der Waals surface area contributed by atoms with Gasteiger partial charge in [-0.15, -0.1) is 24.0 Å². The van der Waals surface area contributed by atoms with E-state index in [1.807, 2.05) is 24.3 Å². The van der Waals surface area contributed by atoms with Crippen LogP contribution in [-0.4, -0.2) is 32.0 Å². The minimum atomic E-state index is 0. The Hall–Kier alpha value is -1.02. The Balaban J connectivity index is 0.00000338. The highest BCUT2D eigenvalue weighted by Crippen LogP contribution is 2.25. The van der Waals surface area contributed by atoms with Crippen LogP contribution in [-0.2, 0) is 11.3 Å². The second-order valence-corrected chi connectivity index (χ2v) is 6.91. The van der Waals surface area contributed by atoms with Gasteiger partial charge in [-0.1, -0.05) is 49.1 Å². The third kappa shape index (κ3) is 8.58. The zero-order valence-electron chi connectivity index (χ0n) is 15.4. The van der Waals surface area contributed by atoms with Crippen molar-refractivity contribution in [3.63, 3.8) is 0 Å². The topological polar surface area (TPSA) is 65.5 Å².